The number of benzene rings is 2. The van der Waals surface area contributed by atoms with Crippen molar-refractivity contribution in [2.75, 3.05) is 26.2 Å². The maximum atomic E-state index is 14.0. The van der Waals surface area contributed by atoms with Crippen molar-refractivity contribution in [3.63, 3.8) is 0 Å². The molecule has 3 aromatic rings. The van der Waals surface area contributed by atoms with Gasteiger partial charge >= 0.3 is 0 Å². The van der Waals surface area contributed by atoms with E-state index < -0.39 is 17.2 Å². The van der Waals surface area contributed by atoms with Crippen molar-refractivity contribution in [2.45, 2.75) is 37.1 Å². The average Bonchev–Trinajstić information content (AvgIpc) is 3.36. The van der Waals surface area contributed by atoms with Crippen molar-refractivity contribution in [3.8, 4) is 0 Å². The lowest BCUT2D eigenvalue weighted by molar-refractivity contribution is -0.125. The zero-order valence-corrected chi connectivity index (χ0v) is 18.7. The number of fused-ring (bicyclic) bond motifs is 1. The normalized spacial score (nSPS) is 22.9. The number of hydrogen-bond donors (Lipinski definition) is 3. The number of carbonyl (C=O) groups excluding carboxylic acids is 2. The van der Waals surface area contributed by atoms with Gasteiger partial charge in [0, 0.05) is 38.4 Å². The molecule has 1 aromatic heterocycles. The molecule has 2 saturated heterocycles. The second kappa shape index (κ2) is 9.13. The van der Waals surface area contributed by atoms with E-state index in [1.165, 1.54) is 6.07 Å². The zero-order chi connectivity index (χ0) is 23.7. The number of aromatic nitrogens is 2. The van der Waals surface area contributed by atoms with Gasteiger partial charge in [0.15, 0.2) is 11.6 Å². The monoisotopic (exact) mass is 467 g/mol. The molecule has 0 radical (unpaired) electrons. The molecule has 9 heteroatoms. The van der Waals surface area contributed by atoms with Crippen LogP contribution in [-0.2, 0) is 16.0 Å². The van der Waals surface area contributed by atoms with E-state index in [4.69, 9.17) is 0 Å². The molecule has 34 heavy (non-hydrogen) atoms. The third-order valence-corrected chi connectivity index (χ3v) is 6.86. The summed E-state index contributed by atoms with van der Waals surface area (Å²) < 4.78 is 27.5. The number of rotatable bonds is 6. The molecule has 0 unspecified atom stereocenters. The van der Waals surface area contributed by atoms with Gasteiger partial charge in [0.1, 0.15) is 5.82 Å². The van der Waals surface area contributed by atoms with Crippen molar-refractivity contribution in [1.82, 2.24) is 25.5 Å². The van der Waals surface area contributed by atoms with E-state index in [2.05, 4.69) is 20.6 Å². The third kappa shape index (κ3) is 4.52. The molecule has 2 aromatic carbocycles. The largest absolute Gasteiger partial charge is 0.355 e. The van der Waals surface area contributed by atoms with Crippen LogP contribution in [-0.4, -0.2) is 58.4 Å². The smallest absolute Gasteiger partial charge is 0.234 e. The van der Waals surface area contributed by atoms with Crippen LogP contribution >= 0.6 is 0 Å². The van der Waals surface area contributed by atoms with E-state index >= 15 is 0 Å². The Hall–Kier alpha value is -3.33. The molecule has 178 valence electrons. The van der Waals surface area contributed by atoms with Gasteiger partial charge < -0.3 is 15.6 Å². The van der Waals surface area contributed by atoms with Crippen molar-refractivity contribution < 1.29 is 18.4 Å². The van der Waals surface area contributed by atoms with Gasteiger partial charge in [-0.05, 0) is 42.7 Å². The minimum absolute atomic E-state index is 0.0454. The summed E-state index contributed by atoms with van der Waals surface area (Å²) in [5.74, 6) is -1.39. The molecule has 3 N–H and O–H groups in total. The van der Waals surface area contributed by atoms with Gasteiger partial charge in [-0.25, -0.2) is 13.8 Å². The molecule has 2 aliphatic rings. The van der Waals surface area contributed by atoms with Crippen LogP contribution in [0.15, 0.2) is 42.5 Å². The minimum atomic E-state index is -0.906. The van der Waals surface area contributed by atoms with E-state index in [9.17, 15) is 18.4 Å². The van der Waals surface area contributed by atoms with E-state index in [1.54, 1.807) is 6.07 Å². The summed E-state index contributed by atoms with van der Waals surface area (Å²) in [6, 6.07) is 11.7. The third-order valence-electron chi connectivity index (χ3n) is 6.86. The average molecular weight is 468 g/mol. The van der Waals surface area contributed by atoms with Crippen LogP contribution in [0.3, 0.4) is 0 Å². The first-order chi connectivity index (χ1) is 16.4. The molecular weight excluding hydrogens is 440 g/mol. The van der Waals surface area contributed by atoms with Gasteiger partial charge in [-0.3, -0.25) is 14.5 Å². The number of amides is 2. The molecule has 7 nitrogen and oxygen atoms in total. The number of carbonyl (C=O) groups is 2. The molecule has 0 saturated carbocycles. The highest BCUT2D eigenvalue weighted by Gasteiger charge is 2.49. The Morgan fingerprint density at radius 3 is 2.85 bits per heavy atom. The Kier molecular flexibility index (Phi) is 6.03. The molecule has 2 amide bonds. The Morgan fingerprint density at radius 1 is 1.21 bits per heavy atom. The van der Waals surface area contributed by atoms with Crippen LogP contribution in [0.5, 0.6) is 0 Å². The number of H-pyrrole nitrogens is 1. The first-order valence-electron chi connectivity index (χ1n) is 11.6. The summed E-state index contributed by atoms with van der Waals surface area (Å²) >= 11 is 0. The molecule has 1 spiro atoms. The fourth-order valence-electron chi connectivity index (χ4n) is 5.33. The predicted molar refractivity (Wildman–Crippen MR) is 123 cm³/mol. The maximum Gasteiger partial charge on any atom is 0.234 e. The van der Waals surface area contributed by atoms with E-state index in [-0.39, 0.29) is 24.3 Å². The molecule has 0 bridgehead atoms. The molecule has 5 rings (SSSR count). The summed E-state index contributed by atoms with van der Waals surface area (Å²) in [5, 5.41) is 6.05. The number of likely N-dealkylation sites (tertiary alicyclic amines) is 1. The quantitative estimate of drug-likeness (QED) is 0.520. The van der Waals surface area contributed by atoms with E-state index in [0.717, 1.165) is 35.8 Å². The lowest BCUT2D eigenvalue weighted by Crippen LogP contribution is -2.56. The first kappa shape index (κ1) is 22.5. The number of piperidine rings is 1. The lowest BCUT2D eigenvalue weighted by Gasteiger charge is -2.39. The molecular formula is C25H27F2N5O2. The number of aromatic amines is 1. The lowest BCUT2D eigenvalue weighted by atomic mass is 9.76. The summed E-state index contributed by atoms with van der Waals surface area (Å²) in [6.07, 6.45) is 2.49. The first-order valence-corrected chi connectivity index (χ1v) is 11.6. The van der Waals surface area contributed by atoms with Crippen molar-refractivity contribution in [1.29, 1.82) is 0 Å². The highest BCUT2D eigenvalue weighted by molar-refractivity contribution is 5.79. The maximum absolute atomic E-state index is 14.0. The summed E-state index contributed by atoms with van der Waals surface area (Å²) in [4.78, 5) is 34.6. The molecule has 2 fully saturated rings. The molecule has 0 aliphatic carbocycles. The SMILES string of the molecule is O=C(CN1C[C@@H](c2ccc(F)c(F)c2)[C@@]2(CCCC(=O)N2)C1)NCCc1nc2ccccc2[nH]1. The Bertz CT molecular complexity index is 1200. The highest BCUT2D eigenvalue weighted by atomic mass is 19.2. The van der Waals surface area contributed by atoms with Gasteiger partial charge in [-0.1, -0.05) is 18.2 Å². The zero-order valence-electron chi connectivity index (χ0n) is 18.7. The highest BCUT2D eigenvalue weighted by Crippen LogP contribution is 2.41. The number of para-hydroxylation sites is 2. The van der Waals surface area contributed by atoms with Crippen LogP contribution in [0.25, 0.3) is 11.0 Å². The molecule has 2 atom stereocenters. The minimum Gasteiger partial charge on any atom is -0.355 e. The van der Waals surface area contributed by atoms with Gasteiger partial charge in [0.25, 0.3) is 0 Å². The Labute approximate surface area is 195 Å². The standard InChI is InChI=1S/C25H27F2N5O2/c26-18-8-7-16(12-19(18)27)17-13-32(15-25(17)10-3-6-23(33)31-25)14-24(34)28-11-9-22-29-20-4-1-2-5-21(20)30-22/h1-2,4-5,7-8,12,17H,3,6,9-11,13-15H2,(H,28,34)(H,29,30)(H,31,33)/t17-,25+/m0/s1. The topological polar surface area (TPSA) is 90.1 Å². The van der Waals surface area contributed by atoms with Crippen molar-refractivity contribution in [2.24, 2.45) is 0 Å². The van der Waals surface area contributed by atoms with Crippen molar-refractivity contribution >= 4 is 22.8 Å². The second-order valence-electron chi connectivity index (χ2n) is 9.25. The molecule has 2 aliphatic heterocycles. The van der Waals surface area contributed by atoms with E-state index in [1.807, 2.05) is 29.2 Å². The van der Waals surface area contributed by atoms with Crippen LogP contribution in [0.1, 0.15) is 36.6 Å². The Balaban J connectivity index is 1.23. The van der Waals surface area contributed by atoms with Crippen LogP contribution in [0.4, 0.5) is 8.78 Å². The fraction of sp³-hybridized carbons (Fsp3) is 0.400. The number of hydrogen-bond acceptors (Lipinski definition) is 4. The summed E-state index contributed by atoms with van der Waals surface area (Å²) in [6.45, 7) is 1.57. The second-order valence-corrected chi connectivity index (χ2v) is 9.25. The van der Waals surface area contributed by atoms with Crippen LogP contribution in [0, 0.1) is 11.6 Å². The number of imidazole rings is 1. The van der Waals surface area contributed by atoms with Gasteiger partial charge in [0.2, 0.25) is 11.8 Å². The summed E-state index contributed by atoms with van der Waals surface area (Å²) in [5.41, 5.74) is 1.90. The van der Waals surface area contributed by atoms with Gasteiger partial charge in [-0.15, -0.1) is 0 Å². The Morgan fingerprint density at radius 2 is 2.06 bits per heavy atom. The van der Waals surface area contributed by atoms with Crippen LogP contribution in [0.2, 0.25) is 0 Å². The predicted octanol–water partition coefficient (Wildman–Crippen LogP) is 2.64. The van der Waals surface area contributed by atoms with Crippen molar-refractivity contribution in [3.05, 3.63) is 65.5 Å². The number of nitrogens with one attached hydrogen (secondary N) is 3. The van der Waals surface area contributed by atoms with Gasteiger partial charge in [-0.2, -0.15) is 0 Å². The molecule has 3 heterocycles. The van der Waals surface area contributed by atoms with Gasteiger partial charge in [0.05, 0.1) is 23.1 Å². The number of halogens is 2. The fourth-order valence-corrected chi connectivity index (χ4v) is 5.33. The van der Waals surface area contributed by atoms with Crippen LogP contribution < -0.4 is 10.6 Å². The summed E-state index contributed by atoms with van der Waals surface area (Å²) in [7, 11) is 0. The van der Waals surface area contributed by atoms with E-state index in [0.29, 0.717) is 38.0 Å². The number of nitrogens with zero attached hydrogens (tertiary/aromatic N) is 2.